The van der Waals surface area contributed by atoms with Gasteiger partial charge in [0.2, 0.25) is 0 Å². The number of rotatable bonds is 7. The quantitative estimate of drug-likeness (QED) is 0.586. The fourth-order valence-corrected chi connectivity index (χ4v) is 4.49. The number of para-hydroxylation sites is 1. The van der Waals surface area contributed by atoms with Gasteiger partial charge in [0.1, 0.15) is 12.4 Å². The molecule has 0 bridgehead atoms. The first kappa shape index (κ1) is 21.5. The molecule has 7 heteroatoms. The molecule has 1 saturated heterocycles. The molecule has 0 aliphatic carbocycles. The molecule has 0 spiro atoms. The van der Waals surface area contributed by atoms with Crippen molar-refractivity contribution >= 4 is 22.4 Å². The maximum Gasteiger partial charge on any atom is 0.257 e. The number of morpholine rings is 1. The Kier molecular flexibility index (Phi) is 6.96. The molecular formula is C24H27N3O3S. The first-order chi connectivity index (χ1) is 15.1. The van der Waals surface area contributed by atoms with E-state index in [4.69, 9.17) is 9.47 Å². The van der Waals surface area contributed by atoms with Crippen LogP contribution >= 0.6 is 11.3 Å². The number of thiazole rings is 1. The van der Waals surface area contributed by atoms with Crippen molar-refractivity contribution in [2.24, 2.45) is 0 Å². The lowest BCUT2D eigenvalue weighted by molar-refractivity contribution is -0.0707. The molecule has 1 aliphatic heterocycles. The van der Waals surface area contributed by atoms with E-state index < -0.39 is 0 Å². The monoisotopic (exact) mass is 437 g/mol. The van der Waals surface area contributed by atoms with Crippen LogP contribution in [0.3, 0.4) is 0 Å². The number of amides is 1. The Morgan fingerprint density at radius 2 is 1.84 bits per heavy atom. The summed E-state index contributed by atoms with van der Waals surface area (Å²) in [5.74, 6) is 0.593. The number of ether oxygens (including phenoxy) is 2. The number of hydrogen-bond acceptors (Lipinski definition) is 6. The number of nitrogens with one attached hydrogen (secondary N) is 1. The third-order valence-corrected chi connectivity index (χ3v) is 5.86. The van der Waals surface area contributed by atoms with Gasteiger partial charge in [0.05, 0.1) is 17.9 Å². The minimum Gasteiger partial charge on any atom is -0.489 e. The molecule has 31 heavy (non-hydrogen) atoms. The van der Waals surface area contributed by atoms with E-state index in [1.54, 1.807) is 0 Å². The molecule has 1 amide bonds. The molecule has 1 N–H and O–H groups in total. The summed E-state index contributed by atoms with van der Waals surface area (Å²) in [6, 6.07) is 17.1. The Bertz CT molecular complexity index is 998. The van der Waals surface area contributed by atoms with Gasteiger partial charge in [0.25, 0.3) is 5.91 Å². The summed E-state index contributed by atoms with van der Waals surface area (Å²) in [5.41, 5.74) is 2.38. The second kappa shape index (κ2) is 10.0. The second-order valence-corrected chi connectivity index (χ2v) is 8.67. The van der Waals surface area contributed by atoms with Gasteiger partial charge in [0.15, 0.2) is 5.13 Å². The summed E-state index contributed by atoms with van der Waals surface area (Å²) in [7, 11) is 0. The number of aromatic nitrogens is 1. The standard InChI is InChI=1S/C24H27N3O3S/c1-17-12-27(13-18(2)30-17)14-20-16-31-24(25-20)26-23(28)22-11-7-6-8-19(22)15-29-21-9-4-3-5-10-21/h3-11,16-18H,12-15H2,1-2H3,(H,25,26,28). The van der Waals surface area contributed by atoms with Crippen LogP contribution in [0.15, 0.2) is 60.0 Å². The minimum absolute atomic E-state index is 0.179. The van der Waals surface area contributed by atoms with Gasteiger partial charge >= 0.3 is 0 Å². The van der Waals surface area contributed by atoms with Gasteiger partial charge in [0, 0.05) is 36.1 Å². The molecule has 2 atom stereocenters. The van der Waals surface area contributed by atoms with Crippen molar-refractivity contribution in [3.63, 3.8) is 0 Å². The van der Waals surface area contributed by atoms with Crippen LogP contribution in [0, 0.1) is 0 Å². The SMILES string of the molecule is CC1CN(Cc2csc(NC(=O)c3ccccc3COc3ccccc3)n2)CC(C)O1. The zero-order valence-electron chi connectivity index (χ0n) is 17.8. The number of anilines is 1. The van der Waals surface area contributed by atoms with Gasteiger partial charge in [-0.25, -0.2) is 4.98 Å². The van der Waals surface area contributed by atoms with Gasteiger partial charge in [-0.3, -0.25) is 15.0 Å². The molecule has 3 aromatic rings. The van der Waals surface area contributed by atoms with E-state index in [-0.39, 0.29) is 18.1 Å². The Hall–Kier alpha value is -2.74. The number of carbonyl (C=O) groups is 1. The highest BCUT2D eigenvalue weighted by Crippen LogP contribution is 2.21. The summed E-state index contributed by atoms with van der Waals surface area (Å²) in [4.78, 5) is 19.9. The van der Waals surface area contributed by atoms with Crippen molar-refractivity contribution < 1.29 is 14.3 Å². The van der Waals surface area contributed by atoms with Crippen LogP contribution in [0.4, 0.5) is 5.13 Å². The summed E-state index contributed by atoms with van der Waals surface area (Å²) >= 11 is 1.45. The summed E-state index contributed by atoms with van der Waals surface area (Å²) < 4.78 is 11.6. The summed E-state index contributed by atoms with van der Waals surface area (Å²) in [5, 5.41) is 5.55. The van der Waals surface area contributed by atoms with Gasteiger partial charge in [-0.15, -0.1) is 11.3 Å². The van der Waals surface area contributed by atoms with Gasteiger partial charge in [-0.2, -0.15) is 0 Å². The lowest BCUT2D eigenvalue weighted by Crippen LogP contribution is -2.44. The molecule has 0 radical (unpaired) electrons. The van der Waals surface area contributed by atoms with E-state index in [0.717, 1.165) is 36.6 Å². The highest BCUT2D eigenvalue weighted by atomic mass is 32.1. The normalized spacial score (nSPS) is 19.2. The Labute approximate surface area is 186 Å². The van der Waals surface area contributed by atoms with Crippen LogP contribution < -0.4 is 10.1 Å². The van der Waals surface area contributed by atoms with Crippen molar-refractivity contribution in [3.05, 3.63) is 76.8 Å². The zero-order valence-corrected chi connectivity index (χ0v) is 18.6. The third-order valence-electron chi connectivity index (χ3n) is 5.05. The Balaban J connectivity index is 1.38. The predicted molar refractivity (Wildman–Crippen MR) is 123 cm³/mol. The third kappa shape index (κ3) is 5.91. The van der Waals surface area contributed by atoms with Crippen LogP contribution in [0.1, 0.15) is 35.5 Å². The van der Waals surface area contributed by atoms with Crippen LogP contribution in [0.5, 0.6) is 5.75 Å². The van der Waals surface area contributed by atoms with Crippen molar-refractivity contribution in [3.8, 4) is 5.75 Å². The molecule has 6 nitrogen and oxygen atoms in total. The average molecular weight is 438 g/mol. The zero-order chi connectivity index (χ0) is 21.6. The molecular weight excluding hydrogens is 410 g/mol. The highest BCUT2D eigenvalue weighted by Gasteiger charge is 2.23. The van der Waals surface area contributed by atoms with Crippen LogP contribution in [-0.2, 0) is 17.9 Å². The topological polar surface area (TPSA) is 63.7 Å². The van der Waals surface area contributed by atoms with Crippen molar-refractivity contribution in [1.29, 1.82) is 0 Å². The molecule has 1 aromatic heterocycles. The van der Waals surface area contributed by atoms with Gasteiger partial charge < -0.3 is 9.47 Å². The summed E-state index contributed by atoms with van der Waals surface area (Å²) in [6.45, 7) is 7.04. The molecule has 2 unspecified atom stereocenters. The maximum atomic E-state index is 12.9. The van der Waals surface area contributed by atoms with E-state index in [2.05, 4.69) is 29.0 Å². The predicted octanol–water partition coefficient (Wildman–Crippen LogP) is 4.58. The Morgan fingerprint density at radius 1 is 1.13 bits per heavy atom. The number of nitrogens with zero attached hydrogens (tertiary/aromatic N) is 2. The number of hydrogen-bond donors (Lipinski definition) is 1. The first-order valence-electron chi connectivity index (χ1n) is 10.5. The van der Waals surface area contributed by atoms with E-state index >= 15 is 0 Å². The van der Waals surface area contributed by atoms with Crippen molar-refractivity contribution in [1.82, 2.24) is 9.88 Å². The number of carbonyl (C=O) groups excluding carboxylic acids is 1. The average Bonchev–Trinajstić information content (AvgIpc) is 3.19. The fraction of sp³-hybridized carbons (Fsp3) is 0.333. The van der Waals surface area contributed by atoms with Crippen LogP contribution in [-0.4, -0.2) is 41.1 Å². The van der Waals surface area contributed by atoms with Gasteiger partial charge in [-0.05, 0) is 32.0 Å². The molecule has 2 aromatic carbocycles. The van der Waals surface area contributed by atoms with Gasteiger partial charge in [-0.1, -0.05) is 36.4 Å². The van der Waals surface area contributed by atoms with E-state index in [9.17, 15) is 4.79 Å². The van der Waals surface area contributed by atoms with E-state index in [1.807, 2.05) is 60.0 Å². The molecule has 2 heterocycles. The van der Waals surface area contributed by atoms with Crippen molar-refractivity contribution in [2.45, 2.75) is 39.2 Å². The first-order valence-corrected chi connectivity index (χ1v) is 11.3. The number of benzene rings is 2. The van der Waals surface area contributed by atoms with Crippen LogP contribution in [0.25, 0.3) is 0 Å². The Morgan fingerprint density at radius 3 is 2.61 bits per heavy atom. The lowest BCUT2D eigenvalue weighted by Gasteiger charge is -2.34. The second-order valence-electron chi connectivity index (χ2n) is 7.81. The largest absolute Gasteiger partial charge is 0.489 e. The lowest BCUT2D eigenvalue weighted by atomic mass is 10.1. The molecule has 0 saturated carbocycles. The summed E-state index contributed by atoms with van der Waals surface area (Å²) in [6.07, 6.45) is 0.437. The van der Waals surface area contributed by atoms with Crippen LogP contribution in [0.2, 0.25) is 0 Å². The smallest absolute Gasteiger partial charge is 0.257 e. The van der Waals surface area contributed by atoms with E-state index in [1.165, 1.54) is 11.3 Å². The molecule has 1 aliphatic rings. The fourth-order valence-electron chi connectivity index (χ4n) is 3.79. The maximum absolute atomic E-state index is 12.9. The minimum atomic E-state index is -0.179. The molecule has 4 rings (SSSR count). The van der Waals surface area contributed by atoms with Crippen molar-refractivity contribution in [2.75, 3.05) is 18.4 Å². The highest BCUT2D eigenvalue weighted by molar-refractivity contribution is 7.14. The van der Waals surface area contributed by atoms with E-state index in [0.29, 0.717) is 17.3 Å². The molecule has 1 fully saturated rings. The molecule has 162 valence electrons.